The van der Waals surface area contributed by atoms with E-state index in [1.807, 2.05) is 30.7 Å². The van der Waals surface area contributed by atoms with Crippen LogP contribution in [0.25, 0.3) is 0 Å². The van der Waals surface area contributed by atoms with E-state index in [1.54, 1.807) is 11.3 Å². The Morgan fingerprint density at radius 1 is 1.36 bits per heavy atom. The summed E-state index contributed by atoms with van der Waals surface area (Å²) in [4.78, 5) is 5.83. The highest BCUT2D eigenvalue weighted by Gasteiger charge is 2.08. The first kappa shape index (κ1) is 19.6. The van der Waals surface area contributed by atoms with Crippen molar-refractivity contribution in [3.63, 3.8) is 0 Å². The van der Waals surface area contributed by atoms with E-state index in [0.29, 0.717) is 16.7 Å². The van der Waals surface area contributed by atoms with Crippen LogP contribution in [0.15, 0.2) is 28.6 Å². The van der Waals surface area contributed by atoms with Crippen LogP contribution in [0, 0.1) is 0 Å². The normalized spacial score (nSPS) is 11.2. The van der Waals surface area contributed by atoms with Crippen molar-refractivity contribution in [3.8, 4) is 0 Å². The zero-order valence-corrected chi connectivity index (χ0v) is 17.1. The van der Waals surface area contributed by atoms with Crippen molar-refractivity contribution in [2.75, 3.05) is 6.54 Å². The van der Waals surface area contributed by atoms with E-state index in [-0.39, 0.29) is 24.0 Å². The van der Waals surface area contributed by atoms with Gasteiger partial charge in [0.25, 0.3) is 0 Å². The minimum Gasteiger partial charge on any atom is -0.357 e. The quantitative estimate of drug-likeness (QED) is 0.387. The van der Waals surface area contributed by atoms with Crippen LogP contribution in [0.2, 0.25) is 10.2 Å². The lowest BCUT2D eigenvalue weighted by Crippen LogP contribution is -2.36. The number of nitrogens with one attached hydrogen (secondary N) is 2. The molecule has 0 amide bonds. The lowest BCUT2D eigenvalue weighted by Gasteiger charge is -2.10. The van der Waals surface area contributed by atoms with Crippen molar-refractivity contribution >= 4 is 64.5 Å². The lowest BCUT2D eigenvalue weighted by atomic mass is 10.4. The number of hydrogen-bond acceptors (Lipinski definition) is 2. The molecule has 22 heavy (non-hydrogen) atoms. The summed E-state index contributed by atoms with van der Waals surface area (Å²) in [6.45, 7) is 4.13. The van der Waals surface area contributed by atoms with E-state index in [2.05, 4.69) is 27.1 Å². The molecule has 8 heteroatoms. The van der Waals surface area contributed by atoms with E-state index >= 15 is 0 Å². The average molecular weight is 473 g/mol. The van der Waals surface area contributed by atoms with Gasteiger partial charge in [-0.2, -0.15) is 0 Å². The number of halogens is 3. The van der Waals surface area contributed by atoms with Gasteiger partial charge >= 0.3 is 0 Å². The summed E-state index contributed by atoms with van der Waals surface area (Å²) in [5.74, 6) is 0.777. The largest absolute Gasteiger partial charge is 0.357 e. The Morgan fingerprint density at radius 2 is 2.14 bits per heavy atom. The van der Waals surface area contributed by atoms with Crippen LogP contribution >= 0.6 is 58.5 Å². The molecule has 0 spiro atoms. The van der Waals surface area contributed by atoms with Gasteiger partial charge in [-0.3, -0.25) is 0 Å². The second kappa shape index (κ2) is 9.64. The first-order valence-corrected chi connectivity index (χ1v) is 8.29. The number of nitrogens with zero attached hydrogens (tertiary/aromatic N) is 2. The standard InChI is InChI=1S/C14H18Cl2N4S.HI/c1-3-17-14(19-9-11-5-4-6-21-11)18-8-10-7-12(15)13(16)20(10)2;/h4-7H,3,8-9H2,1-2H3,(H2,17,18,19);1H. The Bertz CT molecular complexity index is 611. The monoisotopic (exact) mass is 472 g/mol. The van der Waals surface area contributed by atoms with E-state index < -0.39 is 0 Å². The summed E-state index contributed by atoms with van der Waals surface area (Å²) in [7, 11) is 1.88. The summed E-state index contributed by atoms with van der Waals surface area (Å²) in [5, 5.41) is 9.69. The van der Waals surface area contributed by atoms with Crippen LogP contribution in [0.3, 0.4) is 0 Å². The third-order valence-corrected chi connectivity index (χ3v) is 4.69. The Hall–Kier alpha value is -0.440. The van der Waals surface area contributed by atoms with Gasteiger partial charge in [0.15, 0.2) is 5.96 Å². The highest BCUT2D eigenvalue weighted by Crippen LogP contribution is 2.25. The molecule has 0 radical (unpaired) electrons. The molecule has 0 aliphatic carbocycles. The minimum atomic E-state index is 0. The van der Waals surface area contributed by atoms with Gasteiger partial charge in [0.2, 0.25) is 0 Å². The molecule has 0 atom stereocenters. The zero-order valence-electron chi connectivity index (χ0n) is 12.4. The highest BCUT2D eigenvalue weighted by molar-refractivity contribution is 14.0. The fraction of sp³-hybridized carbons (Fsp3) is 0.357. The minimum absolute atomic E-state index is 0. The summed E-state index contributed by atoms with van der Waals surface area (Å²) in [5.41, 5.74) is 0.971. The van der Waals surface area contributed by atoms with Crippen molar-refractivity contribution < 1.29 is 0 Å². The molecular weight excluding hydrogens is 454 g/mol. The maximum atomic E-state index is 6.06. The van der Waals surface area contributed by atoms with Crippen molar-refractivity contribution in [1.82, 2.24) is 15.2 Å². The molecule has 122 valence electrons. The molecule has 2 N–H and O–H groups in total. The van der Waals surface area contributed by atoms with E-state index in [9.17, 15) is 0 Å². The molecule has 0 aliphatic heterocycles. The van der Waals surface area contributed by atoms with Crippen LogP contribution < -0.4 is 10.6 Å². The van der Waals surface area contributed by atoms with Crippen LogP contribution in [0.1, 0.15) is 17.5 Å². The third-order valence-electron chi connectivity index (χ3n) is 2.97. The third kappa shape index (κ3) is 5.33. The number of aliphatic imine (C=N–C) groups is 1. The summed E-state index contributed by atoms with van der Waals surface area (Å²) in [6.07, 6.45) is 0. The maximum absolute atomic E-state index is 6.06. The van der Waals surface area contributed by atoms with Gasteiger partial charge in [-0.1, -0.05) is 29.3 Å². The van der Waals surface area contributed by atoms with Crippen LogP contribution in [0.5, 0.6) is 0 Å². The number of thiophene rings is 1. The molecule has 0 fully saturated rings. The van der Waals surface area contributed by atoms with Gasteiger partial charge in [0, 0.05) is 24.2 Å². The number of hydrogen-bond donors (Lipinski definition) is 2. The topological polar surface area (TPSA) is 41.4 Å². The SMILES string of the molecule is CCNC(=NCc1cc(Cl)c(Cl)n1C)NCc1cccs1.I. The smallest absolute Gasteiger partial charge is 0.191 e. The summed E-state index contributed by atoms with van der Waals surface area (Å²) >= 11 is 13.8. The Balaban J connectivity index is 0.00000242. The van der Waals surface area contributed by atoms with Gasteiger partial charge in [0.05, 0.1) is 18.1 Å². The van der Waals surface area contributed by atoms with E-state index in [4.69, 9.17) is 23.2 Å². The van der Waals surface area contributed by atoms with Crippen molar-refractivity contribution in [1.29, 1.82) is 0 Å². The predicted molar refractivity (Wildman–Crippen MR) is 107 cm³/mol. The molecular formula is C14H19Cl2IN4S. The lowest BCUT2D eigenvalue weighted by molar-refractivity contribution is 0.790. The predicted octanol–water partition coefficient (Wildman–Crippen LogP) is 4.27. The number of rotatable bonds is 5. The van der Waals surface area contributed by atoms with Crippen molar-refractivity contribution in [2.24, 2.45) is 12.0 Å². The molecule has 0 aromatic carbocycles. The van der Waals surface area contributed by atoms with Crippen LogP contribution in [-0.2, 0) is 20.1 Å². The molecule has 4 nitrogen and oxygen atoms in total. The maximum Gasteiger partial charge on any atom is 0.191 e. The molecule has 2 aromatic heterocycles. The molecule has 0 saturated heterocycles. The van der Waals surface area contributed by atoms with E-state index in [0.717, 1.165) is 24.7 Å². The summed E-state index contributed by atoms with van der Waals surface area (Å²) in [6, 6.07) is 5.98. The van der Waals surface area contributed by atoms with E-state index in [1.165, 1.54) is 4.88 Å². The van der Waals surface area contributed by atoms with Crippen molar-refractivity contribution in [2.45, 2.75) is 20.0 Å². The first-order valence-electron chi connectivity index (χ1n) is 6.66. The average Bonchev–Trinajstić information content (AvgIpc) is 3.07. The molecule has 2 aromatic rings. The molecule has 2 heterocycles. The Morgan fingerprint density at radius 3 is 2.68 bits per heavy atom. The molecule has 0 saturated carbocycles. The van der Waals surface area contributed by atoms with Gasteiger partial charge in [-0.15, -0.1) is 35.3 Å². The second-order valence-corrected chi connectivity index (χ2v) is 6.26. The van der Waals surface area contributed by atoms with Crippen LogP contribution in [-0.4, -0.2) is 17.1 Å². The molecule has 0 unspecified atom stereocenters. The Kier molecular flexibility index (Phi) is 8.59. The first-order chi connectivity index (χ1) is 10.1. The number of aromatic nitrogens is 1. The molecule has 0 aliphatic rings. The van der Waals surface area contributed by atoms with Gasteiger partial charge in [-0.05, 0) is 24.4 Å². The fourth-order valence-electron chi connectivity index (χ4n) is 1.83. The second-order valence-electron chi connectivity index (χ2n) is 4.46. The zero-order chi connectivity index (χ0) is 15.2. The van der Waals surface area contributed by atoms with Gasteiger partial charge in [-0.25, -0.2) is 4.99 Å². The fourth-order valence-corrected chi connectivity index (χ4v) is 2.89. The molecule has 0 bridgehead atoms. The number of guanidine groups is 1. The van der Waals surface area contributed by atoms with Crippen molar-refractivity contribution in [3.05, 3.63) is 44.3 Å². The highest BCUT2D eigenvalue weighted by atomic mass is 127. The van der Waals surface area contributed by atoms with Gasteiger partial charge < -0.3 is 15.2 Å². The van der Waals surface area contributed by atoms with Crippen LogP contribution in [0.4, 0.5) is 0 Å². The molecule has 2 rings (SSSR count). The van der Waals surface area contributed by atoms with Gasteiger partial charge in [0.1, 0.15) is 5.15 Å². The Labute approximate surface area is 161 Å². The summed E-state index contributed by atoms with van der Waals surface area (Å²) < 4.78 is 1.84.